The van der Waals surface area contributed by atoms with Gasteiger partial charge in [0.2, 0.25) is 0 Å². The highest BCUT2D eigenvalue weighted by Gasteiger charge is 2.35. The second-order valence-corrected chi connectivity index (χ2v) is 9.59. The van der Waals surface area contributed by atoms with Crippen LogP contribution in [0.3, 0.4) is 0 Å². The summed E-state index contributed by atoms with van der Waals surface area (Å²) in [4.78, 5) is 15.0. The Hall–Kier alpha value is -1.09. The van der Waals surface area contributed by atoms with Gasteiger partial charge >= 0.3 is 0 Å². The zero-order chi connectivity index (χ0) is 19.0. The van der Waals surface area contributed by atoms with Crippen LogP contribution in [0.15, 0.2) is 10.6 Å². The van der Waals surface area contributed by atoms with Crippen LogP contribution in [0.25, 0.3) is 0 Å². The molecule has 1 aliphatic carbocycles. The lowest BCUT2D eigenvalue weighted by Gasteiger charge is -2.43. The topological polar surface area (TPSA) is 64.8 Å². The number of carbonyl (C=O) groups is 1. The van der Waals surface area contributed by atoms with E-state index in [1.807, 2.05) is 18.2 Å². The molecule has 0 bridgehead atoms. The molecule has 4 rings (SSSR count). The van der Waals surface area contributed by atoms with Crippen LogP contribution in [0.2, 0.25) is 0 Å². The Bertz CT molecular complexity index is 656. The normalized spacial score (nSPS) is 31.1. The molecular formula is C19H31N5O2S. The van der Waals surface area contributed by atoms with E-state index in [0.717, 1.165) is 57.7 Å². The Morgan fingerprint density at radius 1 is 1.26 bits per heavy atom. The van der Waals surface area contributed by atoms with Crippen molar-refractivity contribution < 1.29 is 9.32 Å². The number of piperazine rings is 1. The Morgan fingerprint density at radius 2 is 2.00 bits per heavy atom. The van der Waals surface area contributed by atoms with E-state index in [2.05, 4.69) is 44.9 Å². The fourth-order valence-electron chi connectivity index (χ4n) is 3.84. The summed E-state index contributed by atoms with van der Waals surface area (Å²) in [6.45, 7) is 9.94. The summed E-state index contributed by atoms with van der Waals surface area (Å²) < 4.78 is 10.3. The van der Waals surface area contributed by atoms with Crippen molar-refractivity contribution in [3.63, 3.8) is 0 Å². The predicted octanol–water partition coefficient (Wildman–Crippen LogP) is 2.19. The van der Waals surface area contributed by atoms with Crippen LogP contribution in [0.1, 0.15) is 55.3 Å². The first-order valence-corrected chi connectivity index (χ1v) is 10.9. The zero-order valence-corrected chi connectivity index (χ0v) is 17.4. The van der Waals surface area contributed by atoms with Crippen molar-refractivity contribution in [1.29, 1.82) is 0 Å². The van der Waals surface area contributed by atoms with Crippen LogP contribution in [-0.2, 0) is 0 Å². The summed E-state index contributed by atoms with van der Waals surface area (Å²) in [7, 11) is 2.18. The van der Waals surface area contributed by atoms with Crippen LogP contribution in [0.4, 0.5) is 0 Å². The van der Waals surface area contributed by atoms with Gasteiger partial charge in [0.15, 0.2) is 5.69 Å². The Kier molecular flexibility index (Phi) is 5.78. The van der Waals surface area contributed by atoms with Crippen molar-refractivity contribution in [1.82, 2.24) is 24.0 Å². The number of likely N-dealkylation sites (N-methyl/N-ethyl adjacent to an activating group) is 1. The van der Waals surface area contributed by atoms with Gasteiger partial charge in [-0.3, -0.25) is 4.79 Å². The van der Waals surface area contributed by atoms with Gasteiger partial charge in [-0.15, -0.1) is 0 Å². The molecule has 0 aromatic carbocycles. The van der Waals surface area contributed by atoms with Gasteiger partial charge in [-0.05, 0) is 39.2 Å². The molecule has 3 heterocycles. The van der Waals surface area contributed by atoms with Crippen molar-refractivity contribution in [3.8, 4) is 0 Å². The minimum atomic E-state index is -0.102. The van der Waals surface area contributed by atoms with Gasteiger partial charge in [0.25, 0.3) is 5.91 Å². The van der Waals surface area contributed by atoms with Gasteiger partial charge < -0.3 is 14.7 Å². The molecule has 3 fully saturated rings. The maximum absolute atomic E-state index is 12.6. The monoisotopic (exact) mass is 393 g/mol. The molecule has 7 nitrogen and oxygen atoms in total. The maximum atomic E-state index is 12.6. The number of amides is 1. The summed E-state index contributed by atoms with van der Waals surface area (Å²) >= 11 is 1.89. The van der Waals surface area contributed by atoms with Gasteiger partial charge in [0.1, 0.15) is 5.76 Å². The number of carbonyl (C=O) groups excluding carboxylic acids is 1. The SMILES string of the molecule is C[C@@H]1CN(SN2CCN(C)CC2)[C@H](C)C[C@@H]1NC(=O)c1cc(C2CC2)on1. The van der Waals surface area contributed by atoms with Crippen LogP contribution in [0, 0.1) is 5.92 Å². The average molecular weight is 394 g/mol. The molecule has 8 heteroatoms. The van der Waals surface area contributed by atoms with Gasteiger partial charge in [-0.1, -0.05) is 12.1 Å². The van der Waals surface area contributed by atoms with Gasteiger partial charge in [-0.2, -0.15) is 0 Å². The first kappa shape index (κ1) is 19.2. The molecule has 3 aliphatic rings. The molecule has 0 radical (unpaired) electrons. The Morgan fingerprint density at radius 3 is 2.70 bits per heavy atom. The number of hydrogen-bond donors (Lipinski definition) is 1. The lowest BCUT2D eigenvalue weighted by Crippen LogP contribution is -2.53. The van der Waals surface area contributed by atoms with Crippen molar-refractivity contribution >= 4 is 18.0 Å². The number of aromatic nitrogens is 1. The second-order valence-electron chi connectivity index (χ2n) is 8.44. The molecular weight excluding hydrogens is 362 g/mol. The highest BCUT2D eigenvalue weighted by molar-refractivity contribution is 7.94. The summed E-state index contributed by atoms with van der Waals surface area (Å²) in [5.74, 6) is 1.64. The lowest BCUT2D eigenvalue weighted by atomic mass is 9.91. The Balaban J connectivity index is 1.29. The quantitative estimate of drug-likeness (QED) is 0.769. The van der Waals surface area contributed by atoms with Crippen LogP contribution < -0.4 is 5.32 Å². The molecule has 2 aliphatic heterocycles. The van der Waals surface area contributed by atoms with Crippen molar-refractivity contribution in [2.75, 3.05) is 39.8 Å². The van der Waals surface area contributed by atoms with Gasteiger partial charge in [0.05, 0.1) is 0 Å². The lowest BCUT2D eigenvalue weighted by molar-refractivity contribution is 0.0872. The number of nitrogens with one attached hydrogen (secondary N) is 1. The van der Waals surface area contributed by atoms with Crippen molar-refractivity contribution in [2.24, 2.45) is 5.92 Å². The smallest absolute Gasteiger partial charge is 0.273 e. The number of piperidine rings is 1. The molecule has 0 spiro atoms. The molecule has 1 saturated carbocycles. The standard InChI is InChI=1S/C19H31N5O2S/c1-13-12-24(27-23-8-6-22(3)7-9-23)14(2)10-16(13)20-19(25)17-11-18(26-21-17)15-4-5-15/h11,13-16H,4-10,12H2,1-3H3,(H,20,25)/t13-,14-,16+/m1/s1. The first-order chi connectivity index (χ1) is 13.0. The van der Waals surface area contributed by atoms with E-state index >= 15 is 0 Å². The molecule has 0 unspecified atom stereocenters. The third-order valence-corrected chi connectivity index (χ3v) is 7.30. The van der Waals surface area contributed by atoms with E-state index < -0.39 is 0 Å². The van der Waals surface area contributed by atoms with E-state index in [9.17, 15) is 4.79 Å². The molecule has 1 aromatic rings. The third kappa shape index (κ3) is 4.67. The van der Waals surface area contributed by atoms with Crippen molar-refractivity contribution in [2.45, 2.75) is 51.1 Å². The van der Waals surface area contributed by atoms with E-state index in [1.165, 1.54) is 0 Å². The van der Waals surface area contributed by atoms with E-state index in [1.54, 1.807) is 0 Å². The number of hydrogen-bond acceptors (Lipinski definition) is 7. The van der Waals surface area contributed by atoms with Crippen LogP contribution in [-0.4, -0.2) is 76.4 Å². The third-order valence-electron chi connectivity index (χ3n) is 5.98. The van der Waals surface area contributed by atoms with E-state index in [4.69, 9.17) is 4.52 Å². The maximum Gasteiger partial charge on any atom is 0.273 e. The number of nitrogens with zero attached hydrogens (tertiary/aromatic N) is 4. The highest BCUT2D eigenvalue weighted by atomic mass is 32.2. The van der Waals surface area contributed by atoms with E-state index in [-0.39, 0.29) is 11.9 Å². The predicted molar refractivity (Wildman–Crippen MR) is 106 cm³/mol. The minimum Gasteiger partial charge on any atom is -0.360 e. The highest BCUT2D eigenvalue weighted by Crippen LogP contribution is 2.40. The summed E-state index contributed by atoms with van der Waals surface area (Å²) in [5, 5.41) is 7.17. The summed E-state index contributed by atoms with van der Waals surface area (Å²) in [5.41, 5.74) is 0.422. The van der Waals surface area contributed by atoms with Crippen LogP contribution >= 0.6 is 12.1 Å². The second kappa shape index (κ2) is 8.11. The zero-order valence-electron chi connectivity index (χ0n) is 16.6. The van der Waals surface area contributed by atoms with Gasteiger partial charge in [0, 0.05) is 68.9 Å². The van der Waals surface area contributed by atoms with Crippen LogP contribution in [0.5, 0.6) is 0 Å². The van der Waals surface area contributed by atoms with E-state index in [0.29, 0.717) is 23.6 Å². The molecule has 3 atom stereocenters. The first-order valence-electron chi connectivity index (χ1n) is 10.2. The van der Waals surface area contributed by atoms with Crippen molar-refractivity contribution in [3.05, 3.63) is 17.5 Å². The molecule has 2 saturated heterocycles. The summed E-state index contributed by atoms with van der Waals surface area (Å²) in [6.07, 6.45) is 3.25. The molecule has 1 aromatic heterocycles. The molecule has 1 N–H and O–H groups in total. The fraction of sp³-hybridized carbons (Fsp3) is 0.789. The largest absolute Gasteiger partial charge is 0.360 e. The molecule has 150 valence electrons. The minimum absolute atomic E-state index is 0.102. The Labute approximate surface area is 166 Å². The fourth-order valence-corrected chi connectivity index (χ4v) is 5.01. The average Bonchev–Trinajstić information content (AvgIpc) is 3.37. The molecule has 1 amide bonds. The number of rotatable bonds is 5. The summed E-state index contributed by atoms with van der Waals surface area (Å²) in [6, 6.07) is 2.42. The molecule has 27 heavy (non-hydrogen) atoms. The van der Waals surface area contributed by atoms with Gasteiger partial charge in [-0.25, -0.2) is 8.61 Å².